The van der Waals surface area contributed by atoms with E-state index < -0.39 is 0 Å². The Kier molecular flexibility index (Phi) is 3.70. The molecule has 3 nitrogen and oxygen atoms in total. The molecular weight excluding hydrogens is 285 g/mol. The van der Waals surface area contributed by atoms with Gasteiger partial charge in [0.15, 0.2) is 0 Å². The van der Waals surface area contributed by atoms with Crippen molar-refractivity contribution in [1.29, 1.82) is 0 Å². The zero-order chi connectivity index (χ0) is 13.4. The maximum atomic E-state index is 12.1. The van der Waals surface area contributed by atoms with Gasteiger partial charge in [0.1, 0.15) is 6.10 Å². The van der Waals surface area contributed by atoms with Gasteiger partial charge < -0.3 is 9.64 Å². The summed E-state index contributed by atoms with van der Waals surface area (Å²) in [6, 6.07) is 5.39. The Morgan fingerprint density at radius 1 is 1.32 bits per heavy atom. The van der Waals surface area contributed by atoms with Crippen LogP contribution in [0.4, 0.5) is 0 Å². The van der Waals surface area contributed by atoms with Crippen LogP contribution >= 0.6 is 23.2 Å². The van der Waals surface area contributed by atoms with Crippen molar-refractivity contribution in [2.45, 2.75) is 18.9 Å². The predicted octanol–water partition coefficient (Wildman–Crippen LogP) is 3.30. The topological polar surface area (TPSA) is 29.5 Å². The van der Waals surface area contributed by atoms with Crippen molar-refractivity contribution in [3.05, 3.63) is 33.8 Å². The Hall–Kier alpha value is -0.770. The SMILES string of the molecule is O=C(C1CC1)N1CCOC(c2ccc(Cl)cc2Cl)C1. The first-order chi connectivity index (χ1) is 9.15. The molecule has 3 rings (SSSR count). The number of carbonyl (C=O) groups excluding carboxylic acids is 1. The molecule has 1 atom stereocenters. The second kappa shape index (κ2) is 5.31. The molecule has 1 aromatic carbocycles. The lowest BCUT2D eigenvalue weighted by Crippen LogP contribution is -2.43. The fourth-order valence-electron chi connectivity index (χ4n) is 2.39. The Morgan fingerprint density at radius 3 is 2.79 bits per heavy atom. The van der Waals surface area contributed by atoms with E-state index in [2.05, 4.69) is 0 Å². The summed E-state index contributed by atoms with van der Waals surface area (Å²) in [5.74, 6) is 0.512. The average molecular weight is 300 g/mol. The first kappa shape index (κ1) is 13.2. The third-order valence-corrected chi connectivity index (χ3v) is 4.18. The van der Waals surface area contributed by atoms with Crippen LogP contribution in [-0.2, 0) is 9.53 Å². The maximum Gasteiger partial charge on any atom is 0.225 e. The quantitative estimate of drug-likeness (QED) is 0.838. The number of nitrogens with zero attached hydrogens (tertiary/aromatic N) is 1. The Bertz CT molecular complexity index is 502. The molecule has 1 saturated heterocycles. The normalized spacial score (nSPS) is 23.5. The van der Waals surface area contributed by atoms with Crippen molar-refractivity contribution in [2.75, 3.05) is 19.7 Å². The second-order valence-corrected chi connectivity index (χ2v) is 5.93. The molecule has 0 N–H and O–H groups in total. The Morgan fingerprint density at radius 2 is 2.11 bits per heavy atom. The van der Waals surface area contributed by atoms with Gasteiger partial charge in [-0.15, -0.1) is 0 Å². The molecule has 0 aromatic heterocycles. The summed E-state index contributed by atoms with van der Waals surface area (Å²) < 4.78 is 5.74. The third-order valence-electron chi connectivity index (χ3n) is 3.61. The fourth-order valence-corrected chi connectivity index (χ4v) is 2.92. The van der Waals surface area contributed by atoms with Gasteiger partial charge in [0, 0.05) is 28.1 Å². The largest absolute Gasteiger partial charge is 0.370 e. The molecule has 0 bridgehead atoms. The van der Waals surface area contributed by atoms with Crippen molar-refractivity contribution in [2.24, 2.45) is 5.92 Å². The molecule has 0 spiro atoms. The Balaban J connectivity index is 1.75. The Labute approximate surface area is 122 Å². The van der Waals surface area contributed by atoms with Gasteiger partial charge in [-0.25, -0.2) is 0 Å². The number of amides is 1. The van der Waals surface area contributed by atoms with E-state index in [1.807, 2.05) is 11.0 Å². The highest BCUT2D eigenvalue weighted by atomic mass is 35.5. The van der Waals surface area contributed by atoms with Crippen molar-refractivity contribution in [3.63, 3.8) is 0 Å². The first-order valence-corrected chi connectivity index (χ1v) is 7.26. The van der Waals surface area contributed by atoms with E-state index in [1.165, 1.54) is 0 Å². The number of ether oxygens (including phenoxy) is 1. The lowest BCUT2D eigenvalue weighted by molar-refractivity contribution is -0.140. The summed E-state index contributed by atoms with van der Waals surface area (Å²) in [5, 5.41) is 1.20. The number of halogens is 2. The smallest absolute Gasteiger partial charge is 0.225 e. The monoisotopic (exact) mass is 299 g/mol. The summed E-state index contributed by atoms with van der Waals surface area (Å²) in [4.78, 5) is 14.0. The molecule has 1 aliphatic carbocycles. The van der Waals surface area contributed by atoms with Crippen LogP contribution in [0.2, 0.25) is 10.0 Å². The molecule has 2 fully saturated rings. The third kappa shape index (κ3) is 2.88. The van der Waals surface area contributed by atoms with E-state index in [-0.39, 0.29) is 17.9 Å². The summed E-state index contributed by atoms with van der Waals surface area (Å²) in [7, 11) is 0. The van der Waals surface area contributed by atoms with Crippen molar-refractivity contribution in [3.8, 4) is 0 Å². The fraction of sp³-hybridized carbons (Fsp3) is 0.500. The molecule has 1 aliphatic heterocycles. The van der Waals surface area contributed by atoms with Crippen LogP contribution in [0.3, 0.4) is 0 Å². The molecule has 19 heavy (non-hydrogen) atoms. The summed E-state index contributed by atoms with van der Waals surface area (Å²) in [6.45, 7) is 1.82. The predicted molar refractivity (Wildman–Crippen MR) is 74.5 cm³/mol. The van der Waals surface area contributed by atoms with Gasteiger partial charge in [0.2, 0.25) is 5.91 Å². The number of morpholine rings is 1. The molecule has 1 unspecified atom stereocenters. The summed E-state index contributed by atoms with van der Waals surface area (Å²) in [6.07, 6.45) is 1.91. The number of rotatable bonds is 2. The molecule has 5 heteroatoms. The highest BCUT2D eigenvalue weighted by molar-refractivity contribution is 6.35. The highest BCUT2D eigenvalue weighted by Crippen LogP contribution is 2.34. The van der Waals surface area contributed by atoms with Crippen LogP contribution in [0.1, 0.15) is 24.5 Å². The molecule has 1 saturated carbocycles. The number of hydrogen-bond donors (Lipinski definition) is 0. The standard InChI is InChI=1S/C14H15Cl2NO2/c15-10-3-4-11(12(16)7-10)13-8-17(5-6-19-13)14(18)9-1-2-9/h3-4,7,9,13H,1-2,5-6,8H2. The highest BCUT2D eigenvalue weighted by Gasteiger charge is 2.36. The van der Waals surface area contributed by atoms with Crippen LogP contribution in [0.15, 0.2) is 18.2 Å². The van der Waals surface area contributed by atoms with Gasteiger partial charge in [0.05, 0.1) is 13.2 Å². The number of carbonyl (C=O) groups is 1. The zero-order valence-electron chi connectivity index (χ0n) is 10.4. The molecule has 102 valence electrons. The molecular formula is C14H15Cl2NO2. The second-order valence-electron chi connectivity index (χ2n) is 5.08. The lowest BCUT2D eigenvalue weighted by Gasteiger charge is -2.33. The lowest BCUT2D eigenvalue weighted by atomic mass is 10.1. The van der Waals surface area contributed by atoms with Gasteiger partial charge in [-0.1, -0.05) is 29.3 Å². The average Bonchev–Trinajstić information content (AvgIpc) is 3.22. The van der Waals surface area contributed by atoms with Crippen LogP contribution < -0.4 is 0 Å². The minimum absolute atomic E-state index is 0.152. The van der Waals surface area contributed by atoms with Crippen molar-refractivity contribution >= 4 is 29.1 Å². The van der Waals surface area contributed by atoms with Crippen molar-refractivity contribution < 1.29 is 9.53 Å². The van der Waals surface area contributed by atoms with E-state index >= 15 is 0 Å². The van der Waals surface area contributed by atoms with Crippen LogP contribution in [0, 0.1) is 5.92 Å². The van der Waals surface area contributed by atoms with E-state index in [0.29, 0.717) is 29.7 Å². The molecule has 0 radical (unpaired) electrons. The van der Waals surface area contributed by atoms with Gasteiger partial charge in [-0.3, -0.25) is 4.79 Å². The molecule has 1 heterocycles. The minimum Gasteiger partial charge on any atom is -0.370 e. The van der Waals surface area contributed by atoms with Gasteiger partial charge in [-0.05, 0) is 25.0 Å². The number of benzene rings is 1. The van der Waals surface area contributed by atoms with Crippen LogP contribution in [-0.4, -0.2) is 30.5 Å². The van der Waals surface area contributed by atoms with E-state index in [4.69, 9.17) is 27.9 Å². The summed E-state index contributed by atoms with van der Waals surface area (Å²) >= 11 is 12.1. The maximum absolute atomic E-state index is 12.1. The van der Waals surface area contributed by atoms with Gasteiger partial charge in [0.25, 0.3) is 0 Å². The minimum atomic E-state index is -0.152. The molecule has 1 aromatic rings. The zero-order valence-corrected chi connectivity index (χ0v) is 12.0. The van der Waals surface area contributed by atoms with Crippen LogP contribution in [0.5, 0.6) is 0 Å². The number of hydrogen-bond acceptors (Lipinski definition) is 2. The van der Waals surface area contributed by atoms with E-state index in [9.17, 15) is 4.79 Å². The molecule has 1 amide bonds. The van der Waals surface area contributed by atoms with Crippen molar-refractivity contribution in [1.82, 2.24) is 4.90 Å². The van der Waals surface area contributed by atoms with Gasteiger partial charge in [-0.2, -0.15) is 0 Å². The first-order valence-electron chi connectivity index (χ1n) is 6.50. The van der Waals surface area contributed by atoms with Crippen LogP contribution in [0.25, 0.3) is 0 Å². The van der Waals surface area contributed by atoms with E-state index in [1.54, 1.807) is 12.1 Å². The summed E-state index contributed by atoms with van der Waals surface area (Å²) in [5.41, 5.74) is 0.902. The van der Waals surface area contributed by atoms with E-state index in [0.717, 1.165) is 18.4 Å². The molecule has 2 aliphatic rings. The van der Waals surface area contributed by atoms with Gasteiger partial charge >= 0.3 is 0 Å².